The van der Waals surface area contributed by atoms with Crippen molar-refractivity contribution < 1.29 is 19.1 Å². The predicted molar refractivity (Wildman–Crippen MR) is 93.0 cm³/mol. The molecule has 130 valence electrons. The molecule has 2 unspecified atom stereocenters. The van der Waals surface area contributed by atoms with Gasteiger partial charge in [0, 0.05) is 25.4 Å². The molecule has 1 rings (SSSR count). The molecule has 23 heavy (non-hydrogen) atoms. The molecule has 0 aromatic carbocycles. The fourth-order valence-corrected chi connectivity index (χ4v) is 4.87. The van der Waals surface area contributed by atoms with Gasteiger partial charge in [0.2, 0.25) is 0 Å². The number of carbonyl (C=O) groups is 2. The number of rotatable bonds is 10. The Bertz CT molecular complexity index is 467. The molecule has 9 heteroatoms. The molecule has 0 saturated heterocycles. The molecular formula is C14H22N2O4S3. The second kappa shape index (κ2) is 10.9. The average Bonchev–Trinajstić information content (AvgIpc) is 2.95. The van der Waals surface area contributed by atoms with Crippen LogP contribution in [0.25, 0.3) is 0 Å². The molecule has 0 amide bonds. The number of carbonyl (C=O) groups excluding carboxylic acids is 2. The molecule has 0 fully saturated rings. The van der Waals surface area contributed by atoms with Crippen LogP contribution >= 0.6 is 34.9 Å². The molecule has 1 aromatic heterocycles. The van der Waals surface area contributed by atoms with Crippen LogP contribution in [0, 0.1) is 0 Å². The molecule has 0 N–H and O–H groups in total. The summed E-state index contributed by atoms with van der Waals surface area (Å²) in [6.45, 7) is 6.80. The van der Waals surface area contributed by atoms with E-state index < -0.39 is 0 Å². The summed E-state index contributed by atoms with van der Waals surface area (Å²) in [6.07, 6.45) is 1.33. The van der Waals surface area contributed by atoms with Crippen molar-refractivity contribution in [3.63, 3.8) is 0 Å². The van der Waals surface area contributed by atoms with E-state index in [1.807, 2.05) is 13.8 Å². The molecular weight excluding hydrogens is 356 g/mol. The Morgan fingerprint density at radius 3 is 1.65 bits per heavy atom. The fraction of sp³-hybridized carbons (Fsp3) is 0.714. The molecule has 0 radical (unpaired) electrons. The highest BCUT2D eigenvalue weighted by Crippen LogP contribution is 2.30. The number of ether oxygens (including phenoxy) is 2. The van der Waals surface area contributed by atoms with Crippen molar-refractivity contribution in [3.8, 4) is 0 Å². The van der Waals surface area contributed by atoms with Crippen LogP contribution < -0.4 is 0 Å². The molecule has 2 atom stereocenters. The lowest BCUT2D eigenvalue weighted by Gasteiger charge is -2.13. The van der Waals surface area contributed by atoms with Gasteiger partial charge in [-0.3, -0.25) is 9.59 Å². The third-order valence-corrected chi connectivity index (χ3v) is 6.20. The molecule has 0 saturated carbocycles. The third-order valence-electron chi connectivity index (χ3n) is 2.75. The van der Waals surface area contributed by atoms with Crippen LogP contribution in [0.15, 0.2) is 8.68 Å². The van der Waals surface area contributed by atoms with E-state index >= 15 is 0 Å². The van der Waals surface area contributed by atoms with E-state index in [0.29, 0.717) is 11.5 Å². The highest BCUT2D eigenvalue weighted by atomic mass is 32.2. The number of hydrogen-bond donors (Lipinski definition) is 0. The summed E-state index contributed by atoms with van der Waals surface area (Å²) in [6, 6.07) is 0. The molecule has 0 spiro atoms. The van der Waals surface area contributed by atoms with Crippen molar-refractivity contribution in [3.05, 3.63) is 0 Å². The van der Waals surface area contributed by atoms with E-state index in [1.165, 1.54) is 48.7 Å². The number of hydrogen-bond acceptors (Lipinski definition) is 9. The van der Waals surface area contributed by atoms with Crippen LogP contribution in [0.2, 0.25) is 0 Å². The minimum Gasteiger partial charge on any atom is -0.462 e. The molecule has 6 nitrogen and oxygen atoms in total. The van der Waals surface area contributed by atoms with Crippen LogP contribution in [0.3, 0.4) is 0 Å². The first-order valence-electron chi connectivity index (χ1n) is 7.38. The average molecular weight is 379 g/mol. The second-order valence-corrected chi connectivity index (χ2v) is 8.25. The van der Waals surface area contributed by atoms with Crippen LogP contribution in [0.5, 0.6) is 0 Å². The van der Waals surface area contributed by atoms with Crippen LogP contribution in [-0.2, 0) is 19.1 Å². The van der Waals surface area contributed by atoms with Gasteiger partial charge in [0.15, 0.2) is 8.68 Å². The maximum atomic E-state index is 11.0. The normalized spacial score (nSPS) is 13.4. The van der Waals surface area contributed by atoms with E-state index in [2.05, 4.69) is 10.2 Å². The summed E-state index contributed by atoms with van der Waals surface area (Å²) < 4.78 is 12.1. The Kier molecular flexibility index (Phi) is 9.57. The quantitative estimate of drug-likeness (QED) is 0.453. The van der Waals surface area contributed by atoms with Crippen molar-refractivity contribution in [2.75, 3.05) is 11.5 Å². The first kappa shape index (κ1) is 20.2. The first-order valence-corrected chi connectivity index (χ1v) is 10.2. The number of aromatic nitrogens is 2. The largest absolute Gasteiger partial charge is 0.462 e. The van der Waals surface area contributed by atoms with Gasteiger partial charge in [-0.2, -0.15) is 0 Å². The molecule has 1 heterocycles. The van der Waals surface area contributed by atoms with E-state index in [1.54, 1.807) is 0 Å². The zero-order chi connectivity index (χ0) is 17.2. The van der Waals surface area contributed by atoms with Crippen molar-refractivity contribution in [1.82, 2.24) is 10.2 Å². The summed E-state index contributed by atoms with van der Waals surface area (Å²) in [5, 5.41) is 8.26. The Morgan fingerprint density at radius 2 is 1.35 bits per heavy atom. The maximum absolute atomic E-state index is 11.0. The summed E-state index contributed by atoms with van der Waals surface area (Å²) in [4.78, 5) is 22.0. The zero-order valence-electron chi connectivity index (χ0n) is 13.7. The molecule has 1 aromatic rings. The van der Waals surface area contributed by atoms with Crippen LogP contribution in [0.1, 0.15) is 40.5 Å². The Hall–Kier alpha value is -0.800. The van der Waals surface area contributed by atoms with Gasteiger partial charge < -0.3 is 9.47 Å². The van der Waals surface area contributed by atoms with Gasteiger partial charge in [-0.25, -0.2) is 0 Å². The smallest absolute Gasteiger partial charge is 0.302 e. The molecule has 0 aliphatic carbocycles. The van der Waals surface area contributed by atoms with Gasteiger partial charge in [-0.15, -0.1) is 10.2 Å². The molecule has 0 aliphatic heterocycles. The van der Waals surface area contributed by atoms with Crippen molar-refractivity contribution >= 4 is 46.8 Å². The van der Waals surface area contributed by atoms with Gasteiger partial charge in [0.25, 0.3) is 0 Å². The summed E-state index contributed by atoms with van der Waals surface area (Å²) in [7, 11) is 0. The summed E-state index contributed by atoms with van der Waals surface area (Å²) in [5.41, 5.74) is 0. The second-order valence-electron chi connectivity index (χ2n) is 4.74. The van der Waals surface area contributed by atoms with Crippen LogP contribution in [0.4, 0.5) is 0 Å². The number of thioether (sulfide) groups is 2. The van der Waals surface area contributed by atoms with Gasteiger partial charge in [0.1, 0.15) is 12.2 Å². The van der Waals surface area contributed by atoms with Crippen molar-refractivity contribution in [2.24, 2.45) is 0 Å². The van der Waals surface area contributed by atoms with Gasteiger partial charge >= 0.3 is 11.9 Å². The lowest BCUT2D eigenvalue weighted by atomic mass is 10.3. The molecule has 0 bridgehead atoms. The lowest BCUT2D eigenvalue weighted by Crippen LogP contribution is -2.17. The van der Waals surface area contributed by atoms with E-state index in [-0.39, 0.29) is 24.1 Å². The Balaban J connectivity index is 2.41. The van der Waals surface area contributed by atoms with Gasteiger partial charge in [-0.05, 0) is 12.8 Å². The summed E-state index contributed by atoms with van der Waals surface area (Å²) >= 11 is 4.57. The minimum absolute atomic E-state index is 0.106. The fourth-order valence-electron chi connectivity index (χ4n) is 1.58. The van der Waals surface area contributed by atoms with E-state index in [0.717, 1.165) is 21.5 Å². The zero-order valence-corrected chi connectivity index (χ0v) is 16.2. The highest BCUT2D eigenvalue weighted by Gasteiger charge is 2.15. The van der Waals surface area contributed by atoms with E-state index in [4.69, 9.17) is 9.47 Å². The number of nitrogens with zero attached hydrogens (tertiary/aromatic N) is 2. The van der Waals surface area contributed by atoms with Crippen molar-refractivity contribution in [1.29, 1.82) is 0 Å². The predicted octanol–water partition coefficient (Wildman–Crippen LogP) is 3.41. The minimum atomic E-state index is -0.262. The first-order chi connectivity index (χ1) is 10.9. The van der Waals surface area contributed by atoms with Crippen LogP contribution in [-0.4, -0.2) is 45.8 Å². The Morgan fingerprint density at radius 1 is 0.957 bits per heavy atom. The Labute approximate surface area is 149 Å². The van der Waals surface area contributed by atoms with Gasteiger partial charge in [-0.1, -0.05) is 48.7 Å². The third kappa shape index (κ3) is 8.57. The molecule has 0 aliphatic rings. The van der Waals surface area contributed by atoms with E-state index in [9.17, 15) is 9.59 Å². The topological polar surface area (TPSA) is 78.4 Å². The maximum Gasteiger partial charge on any atom is 0.302 e. The standard InChI is InChI=1S/C14H22N2O4S3/c1-5-11(19-9(3)17)7-21-13-15-16-14(23-13)22-8-12(6-2)20-10(4)18/h11-12H,5-8H2,1-4H3. The highest BCUT2D eigenvalue weighted by molar-refractivity contribution is 8.03. The number of esters is 2. The monoisotopic (exact) mass is 378 g/mol. The SMILES string of the molecule is CCC(CSc1nnc(SCC(CC)OC(C)=O)s1)OC(C)=O. The van der Waals surface area contributed by atoms with Gasteiger partial charge in [0.05, 0.1) is 0 Å². The lowest BCUT2D eigenvalue weighted by molar-refractivity contribution is -0.146. The van der Waals surface area contributed by atoms with Crippen molar-refractivity contribution in [2.45, 2.75) is 61.4 Å². The summed E-state index contributed by atoms with van der Waals surface area (Å²) in [5.74, 6) is 0.810.